The van der Waals surface area contributed by atoms with Gasteiger partial charge < -0.3 is 103 Å². The zero-order valence-corrected chi connectivity index (χ0v) is 57.1. The van der Waals surface area contributed by atoms with E-state index in [9.17, 15) is 182 Å². The molecule has 69 heteroatoms. The highest BCUT2D eigenvalue weighted by molar-refractivity contribution is 7.84. The SMILES string of the molecule is O=C(O)C1=C[C@H](O)[C@@H](OS(=O)(=O)O)[C@H](O[C@H]2[C@H](O)[C@@H](NS(=O)(=O)O)[C@@H](OC3=C(C(=O)O)O[C@@H](O[C@H]4[C@H](O)[C@@H](NS(=O)(=O)O)[C@@H](OC5=C(C(=O)O)O[C@@H](O[C@H]6[C@H](O)[C@@H](NS(=O)(=O)O)[C@@H](O)O[C@@H]6COS(=O)(=O)O)[C@H](OS(=O)(=O)O)[C@H]5O)O[C@@H]4COS(=O)(=O)O)[C@H](OS(=O)(=O)O)[C@H]3O)O[C@@H]2COS(=O)(=O)O)O1. The molecule has 24 atom stereocenters. The first-order chi connectivity index (χ1) is 47.5. The Kier molecular flexibility index (Phi) is 28.1. The monoisotopic (exact) mass is 1730 g/mol. The maximum atomic E-state index is 13.1. The number of aliphatic hydroxyl groups is 7. The van der Waals surface area contributed by atoms with Gasteiger partial charge in [0.1, 0.15) is 91.4 Å². The van der Waals surface area contributed by atoms with Crippen LogP contribution < -0.4 is 14.2 Å². The molecule has 3 saturated heterocycles. The van der Waals surface area contributed by atoms with E-state index >= 15 is 0 Å². The first-order valence-corrected chi connectivity index (χ1v) is 39.0. The predicted octanol–water partition coefficient (Wildman–Crippen LogP) is -14.6. The number of rotatable bonds is 34. The van der Waals surface area contributed by atoms with Crippen LogP contribution in [0.5, 0.6) is 0 Å². The van der Waals surface area contributed by atoms with Crippen molar-refractivity contribution in [3.05, 3.63) is 34.9 Å². The molecule has 0 spiro atoms. The molecule has 0 aromatic rings. The third-order valence-corrected chi connectivity index (χ3v) is 17.9. The average molecular weight is 1730 g/mol. The summed E-state index contributed by atoms with van der Waals surface area (Å²) in [6.07, 6.45) is -64.0. The quantitative estimate of drug-likeness (QED) is 0.0266. The zero-order chi connectivity index (χ0) is 79.9. The van der Waals surface area contributed by atoms with E-state index in [0.717, 1.165) is 9.44 Å². The molecule has 6 aliphatic rings. The van der Waals surface area contributed by atoms with Gasteiger partial charge in [0, 0.05) is 0 Å². The number of hydrogen-bond acceptors (Lipinski definition) is 45. The fraction of sp³-hybridized carbons (Fsp3) is 0.750. The Morgan fingerprint density at radius 3 is 0.962 bits per heavy atom. The van der Waals surface area contributed by atoms with Crippen molar-refractivity contribution in [1.29, 1.82) is 0 Å². The highest BCUT2D eigenvalue weighted by Crippen LogP contribution is 2.40. The van der Waals surface area contributed by atoms with Crippen molar-refractivity contribution in [2.24, 2.45) is 0 Å². The van der Waals surface area contributed by atoms with Crippen LogP contribution in [0.4, 0.5) is 0 Å². The van der Waals surface area contributed by atoms with Crippen LogP contribution in [-0.4, -0.2) is 353 Å². The lowest BCUT2D eigenvalue weighted by atomic mass is 9.96. The minimum Gasteiger partial charge on any atom is -0.475 e. The number of aliphatic hydroxyl groups excluding tert-OH is 7. The lowest BCUT2D eigenvalue weighted by Crippen LogP contribution is -2.67. The summed E-state index contributed by atoms with van der Waals surface area (Å²) in [5.74, 6) is -17.2. The van der Waals surface area contributed by atoms with Crippen molar-refractivity contribution in [1.82, 2.24) is 14.2 Å². The lowest BCUT2D eigenvalue weighted by molar-refractivity contribution is -0.322. The molecule has 60 nitrogen and oxygen atoms in total. The summed E-state index contributed by atoms with van der Waals surface area (Å²) in [7, 11) is -53.5. The molecule has 0 unspecified atom stereocenters. The van der Waals surface area contributed by atoms with Gasteiger partial charge in [0.2, 0.25) is 48.7 Å². The van der Waals surface area contributed by atoms with Crippen molar-refractivity contribution in [3.8, 4) is 0 Å². The van der Waals surface area contributed by atoms with Crippen LogP contribution in [-0.2, 0) is 185 Å². The molecule has 3 fully saturated rings. The van der Waals surface area contributed by atoms with E-state index in [1.54, 1.807) is 0 Å². The van der Waals surface area contributed by atoms with E-state index < -0.39 is 307 Å². The Labute approximate surface area is 584 Å². The lowest BCUT2D eigenvalue weighted by Gasteiger charge is -2.47. The highest BCUT2D eigenvalue weighted by Gasteiger charge is 2.60. The van der Waals surface area contributed by atoms with Gasteiger partial charge in [-0.3, -0.25) is 41.0 Å². The summed E-state index contributed by atoms with van der Waals surface area (Å²) >= 11 is 0. The summed E-state index contributed by atoms with van der Waals surface area (Å²) < 4.78 is 390. The zero-order valence-electron chi connectivity index (χ0n) is 49.7. The van der Waals surface area contributed by atoms with Crippen molar-refractivity contribution in [2.45, 2.75) is 147 Å². The number of aliphatic carboxylic acids is 3. The first kappa shape index (κ1) is 88.8. The average Bonchev–Trinajstić information content (AvgIpc) is 0.761. The number of ether oxygens (including phenoxy) is 11. The second-order valence-electron chi connectivity index (χ2n) is 20.8. The van der Waals surface area contributed by atoms with Crippen LogP contribution >= 0.6 is 0 Å². The van der Waals surface area contributed by atoms with E-state index in [-0.39, 0.29) is 6.08 Å². The van der Waals surface area contributed by atoms with Crippen LogP contribution in [0.3, 0.4) is 0 Å². The van der Waals surface area contributed by atoms with E-state index in [1.165, 1.54) is 4.72 Å². The summed E-state index contributed by atoms with van der Waals surface area (Å²) in [4.78, 5) is 37.9. The van der Waals surface area contributed by atoms with Crippen molar-refractivity contribution >= 4 is 111 Å². The van der Waals surface area contributed by atoms with Crippen molar-refractivity contribution < 1.29 is 259 Å². The molecule has 6 aliphatic heterocycles. The van der Waals surface area contributed by atoms with E-state index in [4.69, 9.17) is 52.1 Å². The molecule has 6 heterocycles. The Morgan fingerprint density at radius 2 is 0.667 bits per heavy atom. The number of nitrogens with one attached hydrogen (secondary N) is 3. The molecule has 0 radical (unpaired) electrons. The Morgan fingerprint density at radius 1 is 0.371 bits per heavy atom. The van der Waals surface area contributed by atoms with Crippen LogP contribution in [0, 0.1) is 0 Å². The molecule has 6 rings (SSSR count). The molecule has 608 valence electrons. The van der Waals surface area contributed by atoms with Gasteiger partial charge in [0.05, 0.1) is 19.8 Å². The summed E-state index contributed by atoms with van der Waals surface area (Å²) in [6.45, 7) is -5.61. The van der Waals surface area contributed by atoms with Crippen LogP contribution in [0.25, 0.3) is 0 Å². The molecular weight excluding hydrogens is 1670 g/mol. The molecule has 0 aromatic heterocycles. The molecule has 0 bridgehead atoms. The maximum absolute atomic E-state index is 13.1. The standard InChI is InChI=1S/C36H53N3O57S9/c40-5-1-6(28(46)47)84-34(18(5)94-103(71,72)73)87-20-8(3-81-101(65,66)67)85-32(11(14(20)42)38-98(56,57)58)90-23-17(45)25(96-105(77,78)79)36(93-27(23)30(50)51)89-21-9(4-82-102(68,69)70)86-33(12(15(21)43)39-99(59,60)61)91-22-16(44)24(95-104(74,75)76)35(92-26(22)29(48)49)88-19-7(2-80-100(62,63)64)83-31(52)10(13(19)41)37-97(53,54)55/h1,5,7-21,24-25,31-45,52H,2-4H2,(H,46,47)(H,48,49)(H,50,51)(H,53,54,55)(H,56,57,58)(H,59,60,61)(H,62,63,64)(H,65,66,67)(H,68,69,70)(H,71,72,73)(H,74,75,76)(H,77,78,79)/t5-,7+,8+,9+,10+,11+,12+,13+,14+,15+,16-,17-,18+,19+,20+,21+,24+,25+,31-,32+,33+,34-,35+,36+/m0/s1. The van der Waals surface area contributed by atoms with Crippen molar-refractivity contribution in [3.63, 3.8) is 0 Å². The van der Waals surface area contributed by atoms with Gasteiger partial charge in [0.25, 0.3) is 0 Å². The van der Waals surface area contributed by atoms with Gasteiger partial charge >= 0.3 is 111 Å². The minimum absolute atomic E-state index is 0.192. The second-order valence-corrected chi connectivity index (χ2v) is 30.8. The predicted molar refractivity (Wildman–Crippen MR) is 298 cm³/mol. The van der Waals surface area contributed by atoms with Crippen molar-refractivity contribution in [2.75, 3.05) is 19.8 Å². The van der Waals surface area contributed by atoms with Crippen LogP contribution in [0.1, 0.15) is 0 Å². The smallest absolute Gasteiger partial charge is 0.397 e. The first-order valence-electron chi connectivity index (χ1n) is 26.5. The Bertz CT molecular complexity index is 4390. The maximum Gasteiger partial charge on any atom is 0.397 e. The highest BCUT2D eigenvalue weighted by atomic mass is 32.3. The molecule has 22 N–H and O–H groups in total. The largest absolute Gasteiger partial charge is 0.475 e. The molecular formula is C36H53N3O57S9. The number of hydrogen-bond donors (Lipinski definition) is 22. The van der Waals surface area contributed by atoms with E-state index in [1.807, 2.05) is 0 Å². The van der Waals surface area contributed by atoms with Crippen LogP contribution in [0.15, 0.2) is 34.9 Å². The minimum atomic E-state index is -6.36. The Hall–Kier alpha value is -5.06. The number of carboxylic acid groups (broad SMARTS) is 3. The fourth-order valence-electron chi connectivity index (χ4n) is 9.66. The topological polar surface area (TPSA) is 936 Å². The molecule has 0 aliphatic carbocycles. The molecule has 0 amide bonds. The number of carbonyl (C=O) groups is 3. The molecule has 0 saturated carbocycles. The van der Waals surface area contributed by atoms with Gasteiger partial charge in [-0.2, -0.15) is 89.9 Å². The Balaban J connectivity index is 1.45. The summed E-state index contributed by atoms with van der Waals surface area (Å²) in [5, 5.41) is 110. The molecule has 105 heavy (non-hydrogen) atoms. The van der Waals surface area contributed by atoms with Gasteiger partial charge in [-0.05, 0) is 6.08 Å². The van der Waals surface area contributed by atoms with E-state index in [2.05, 4.69) is 25.1 Å². The summed E-state index contributed by atoms with van der Waals surface area (Å²) in [6, 6.07) is -8.87. The fourth-order valence-corrected chi connectivity index (χ4v) is 13.8. The normalized spacial score (nSPS) is 35.1. The summed E-state index contributed by atoms with van der Waals surface area (Å²) in [5.41, 5.74) is 0. The third-order valence-electron chi connectivity index (χ3n) is 13.5. The third kappa shape index (κ3) is 25.5. The van der Waals surface area contributed by atoms with Gasteiger partial charge in [-0.1, -0.05) is 0 Å². The van der Waals surface area contributed by atoms with Crippen LogP contribution in [0.2, 0.25) is 0 Å². The van der Waals surface area contributed by atoms with Gasteiger partial charge in [-0.15, -0.1) is 0 Å². The van der Waals surface area contributed by atoms with E-state index in [0.29, 0.717) is 0 Å². The number of carboxylic acids is 3. The molecule has 0 aromatic carbocycles. The van der Waals surface area contributed by atoms with Gasteiger partial charge in [0.15, 0.2) is 36.1 Å². The van der Waals surface area contributed by atoms with Gasteiger partial charge in [-0.25, -0.2) is 39.5 Å². The second kappa shape index (κ2) is 33.3.